The molecular weight excluding hydrogens is 226 g/mol. The number of ether oxygens (including phenoxy) is 1. The Labute approximate surface area is 112 Å². The van der Waals surface area contributed by atoms with Gasteiger partial charge in [-0.25, -0.2) is 0 Å². The molecule has 0 heterocycles. The predicted octanol–water partition coefficient (Wildman–Crippen LogP) is 3.28. The molecule has 18 heavy (non-hydrogen) atoms. The first kappa shape index (κ1) is 15.5. The van der Waals surface area contributed by atoms with Crippen LogP contribution in [0.4, 0.5) is 0 Å². The van der Waals surface area contributed by atoms with E-state index in [9.17, 15) is 4.79 Å². The summed E-state index contributed by atoms with van der Waals surface area (Å²) < 4.78 is 5.04. The van der Waals surface area contributed by atoms with Crippen molar-refractivity contribution in [3.63, 3.8) is 0 Å². The van der Waals surface area contributed by atoms with Crippen LogP contribution < -0.4 is 5.32 Å². The van der Waals surface area contributed by atoms with E-state index in [0.29, 0.717) is 0 Å². The second-order valence-corrected chi connectivity index (χ2v) is 5.59. The van der Waals surface area contributed by atoms with Gasteiger partial charge in [-0.1, -0.05) is 39.5 Å². The molecule has 2 unspecified atom stereocenters. The lowest BCUT2D eigenvalue weighted by atomic mass is 9.88. The molecule has 1 N–H and O–H groups in total. The van der Waals surface area contributed by atoms with Gasteiger partial charge in [0, 0.05) is 0 Å². The summed E-state index contributed by atoms with van der Waals surface area (Å²) in [5.74, 6) is 0.734. The van der Waals surface area contributed by atoms with Gasteiger partial charge in [0.1, 0.15) is 5.54 Å². The number of hydrogen-bond acceptors (Lipinski definition) is 3. The Balaban J connectivity index is 2.68. The summed E-state index contributed by atoms with van der Waals surface area (Å²) in [6, 6.07) is 0. The van der Waals surface area contributed by atoms with Crippen molar-refractivity contribution in [2.45, 2.75) is 70.8 Å². The fourth-order valence-corrected chi connectivity index (χ4v) is 3.12. The molecule has 106 valence electrons. The molecule has 0 saturated heterocycles. The van der Waals surface area contributed by atoms with Crippen molar-refractivity contribution in [1.29, 1.82) is 0 Å². The zero-order chi connectivity index (χ0) is 13.4. The van der Waals surface area contributed by atoms with Gasteiger partial charge in [-0.3, -0.25) is 4.79 Å². The summed E-state index contributed by atoms with van der Waals surface area (Å²) in [7, 11) is 1.51. The van der Waals surface area contributed by atoms with Gasteiger partial charge in [0.15, 0.2) is 0 Å². The highest BCUT2D eigenvalue weighted by Crippen LogP contribution is 2.33. The van der Waals surface area contributed by atoms with E-state index in [0.717, 1.165) is 44.6 Å². The van der Waals surface area contributed by atoms with Crippen LogP contribution >= 0.6 is 0 Å². The third-order valence-corrected chi connectivity index (χ3v) is 4.18. The number of methoxy groups -OCH3 is 1. The van der Waals surface area contributed by atoms with Gasteiger partial charge in [-0.15, -0.1) is 0 Å². The lowest BCUT2D eigenvalue weighted by molar-refractivity contribution is -0.149. The molecule has 0 spiro atoms. The van der Waals surface area contributed by atoms with Crippen molar-refractivity contribution >= 4 is 5.97 Å². The van der Waals surface area contributed by atoms with E-state index in [4.69, 9.17) is 4.74 Å². The maximum atomic E-state index is 12.1. The molecule has 2 atom stereocenters. The molecule has 1 fully saturated rings. The Bertz CT molecular complexity index is 255. The van der Waals surface area contributed by atoms with Crippen molar-refractivity contribution in [1.82, 2.24) is 5.32 Å². The zero-order valence-corrected chi connectivity index (χ0v) is 12.3. The van der Waals surface area contributed by atoms with Crippen molar-refractivity contribution in [3.8, 4) is 0 Å². The van der Waals surface area contributed by atoms with Gasteiger partial charge in [0.2, 0.25) is 0 Å². The SMILES string of the molecule is CCCNC1(C(=O)OC)CCCC(CCC)CC1. The molecule has 0 aromatic heterocycles. The van der Waals surface area contributed by atoms with Crippen LogP contribution in [0, 0.1) is 5.92 Å². The Hall–Kier alpha value is -0.570. The summed E-state index contributed by atoms with van der Waals surface area (Å²) >= 11 is 0. The molecule has 0 aromatic carbocycles. The third kappa shape index (κ3) is 3.98. The molecule has 0 bridgehead atoms. The lowest BCUT2D eigenvalue weighted by Gasteiger charge is -2.31. The van der Waals surface area contributed by atoms with Gasteiger partial charge in [-0.2, -0.15) is 0 Å². The Kier molecular flexibility index (Phi) is 6.69. The van der Waals surface area contributed by atoms with Gasteiger partial charge >= 0.3 is 5.97 Å². The molecular formula is C15H29NO2. The molecule has 0 radical (unpaired) electrons. The van der Waals surface area contributed by atoms with Gasteiger partial charge in [-0.05, 0) is 38.1 Å². The van der Waals surface area contributed by atoms with E-state index >= 15 is 0 Å². The topological polar surface area (TPSA) is 38.3 Å². The Morgan fingerprint density at radius 2 is 2.06 bits per heavy atom. The average molecular weight is 255 g/mol. The van der Waals surface area contributed by atoms with Crippen molar-refractivity contribution in [2.24, 2.45) is 5.92 Å². The van der Waals surface area contributed by atoms with Crippen LogP contribution in [0.2, 0.25) is 0 Å². The smallest absolute Gasteiger partial charge is 0.326 e. The summed E-state index contributed by atoms with van der Waals surface area (Å²) in [4.78, 5) is 12.1. The zero-order valence-electron chi connectivity index (χ0n) is 12.3. The van der Waals surface area contributed by atoms with Crippen LogP contribution in [0.15, 0.2) is 0 Å². The average Bonchev–Trinajstić information content (AvgIpc) is 2.60. The van der Waals surface area contributed by atoms with E-state index in [-0.39, 0.29) is 5.97 Å². The molecule has 0 aromatic rings. The van der Waals surface area contributed by atoms with E-state index in [2.05, 4.69) is 19.2 Å². The monoisotopic (exact) mass is 255 g/mol. The number of carbonyl (C=O) groups excluding carboxylic acids is 1. The van der Waals surface area contributed by atoms with Crippen LogP contribution in [0.25, 0.3) is 0 Å². The van der Waals surface area contributed by atoms with Gasteiger partial charge < -0.3 is 10.1 Å². The van der Waals surface area contributed by atoms with Crippen LogP contribution in [-0.2, 0) is 9.53 Å². The van der Waals surface area contributed by atoms with E-state index in [1.165, 1.54) is 26.4 Å². The summed E-state index contributed by atoms with van der Waals surface area (Å²) in [6.07, 6.45) is 9.02. The Morgan fingerprint density at radius 1 is 1.28 bits per heavy atom. The van der Waals surface area contributed by atoms with Crippen molar-refractivity contribution in [2.75, 3.05) is 13.7 Å². The molecule has 3 heteroatoms. The number of nitrogens with one attached hydrogen (secondary N) is 1. The molecule has 1 saturated carbocycles. The first-order valence-corrected chi connectivity index (χ1v) is 7.52. The Morgan fingerprint density at radius 3 is 2.67 bits per heavy atom. The first-order chi connectivity index (χ1) is 8.68. The summed E-state index contributed by atoms with van der Waals surface area (Å²) in [5, 5.41) is 3.46. The second-order valence-electron chi connectivity index (χ2n) is 5.59. The summed E-state index contributed by atoms with van der Waals surface area (Å²) in [6.45, 7) is 5.27. The van der Waals surface area contributed by atoms with Crippen molar-refractivity contribution < 1.29 is 9.53 Å². The molecule has 3 nitrogen and oxygen atoms in total. The number of hydrogen-bond donors (Lipinski definition) is 1. The van der Waals surface area contributed by atoms with E-state index < -0.39 is 5.54 Å². The maximum absolute atomic E-state index is 12.1. The maximum Gasteiger partial charge on any atom is 0.326 e. The fraction of sp³-hybridized carbons (Fsp3) is 0.933. The second kappa shape index (κ2) is 7.78. The molecule has 1 aliphatic rings. The molecule has 0 aliphatic heterocycles. The standard InChI is InChI=1S/C15H29NO2/c1-4-7-13-8-6-10-15(11-9-13,14(17)18-3)16-12-5-2/h13,16H,4-12H2,1-3H3. The fourth-order valence-electron chi connectivity index (χ4n) is 3.12. The minimum Gasteiger partial charge on any atom is -0.468 e. The minimum atomic E-state index is -0.409. The number of rotatable bonds is 6. The van der Waals surface area contributed by atoms with E-state index in [1.54, 1.807) is 0 Å². The van der Waals surface area contributed by atoms with Crippen LogP contribution in [-0.4, -0.2) is 25.2 Å². The third-order valence-electron chi connectivity index (χ3n) is 4.18. The van der Waals surface area contributed by atoms with Crippen molar-refractivity contribution in [3.05, 3.63) is 0 Å². The van der Waals surface area contributed by atoms with Crippen LogP contribution in [0.5, 0.6) is 0 Å². The highest BCUT2D eigenvalue weighted by Gasteiger charge is 2.40. The number of carbonyl (C=O) groups is 1. The van der Waals surface area contributed by atoms with Gasteiger partial charge in [0.05, 0.1) is 7.11 Å². The highest BCUT2D eigenvalue weighted by atomic mass is 16.5. The molecule has 1 rings (SSSR count). The lowest BCUT2D eigenvalue weighted by Crippen LogP contribution is -2.52. The van der Waals surface area contributed by atoms with Crippen LogP contribution in [0.1, 0.15) is 65.2 Å². The minimum absolute atomic E-state index is 0.0619. The quantitative estimate of drug-likeness (QED) is 0.585. The predicted molar refractivity (Wildman–Crippen MR) is 74.5 cm³/mol. The normalized spacial score (nSPS) is 28.7. The molecule has 1 aliphatic carbocycles. The summed E-state index contributed by atoms with van der Waals surface area (Å²) in [5.41, 5.74) is -0.409. The highest BCUT2D eigenvalue weighted by molar-refractivity contribution is 5.80. The molecule has 0 amide bonds. The van der Waals surface area contributed by atoms with Gasteiger partial charge in [0.25, 0.3) is 0 Å². The van der Waals surface area contributed by atoms with Crippen LogP contribution in [0.3, 0.4) is 0 Å². The number of esters is 1. The first-order valence-electron chi connectivity index (χ1n) is 7.52. The largest absolute Gasteiger partial charge is 0.468 e. The van der Waals surface area contributed by atoms with E-state index in [1.807, 2.05) is 0 Å².